The van der Waals surface area contributed by atoms with Crippen molar-refractivity contribution in [2.45, 2.75) is 52.6 Å². The van der Waals surface area contributed by atoms with Crippen molar-refractivity contribution in [3.05, 3.63) is 0 Å². The second-order valence-corrected chi connectivity index (χ2v) is 6.73. The summed E-state index contributed by atoms with van der Waals surface area (Å²) in [5, 5.41) is 16.4. The Bertz CT molecular complexity index is 499. The molecule has 0 aliphatic carbocycles. The molecule has 0 radical (unpaired) electrons. The summed E-state index contributed by atoms with van der Waals surface area (Å²) in [4.78, 5) is 46.9. The van der Waals surface area contributed by atoms with Crippen molar-refractivity contribution in [1.29, 1.82) is 0 Å². The maximum absolute atomic E-state index is 12.2. The number of nitrogens with two attached hydrogens (primary N) is 1. The number of aliphatic carboxylic acids is 1. The van der Waals surface area contributed by atoms with E-state index in [4.69, 9.17) is 6.52 Å². The number of hydrogen-bond donors (Lipinski definition) is 5. The third kappa shape index (κ3) is 10.3. The first-order valence-electron chi connectivity index (χ1n) is 8.80. The molecule has 0 heterocycles. The fraction of sp³-hybridized carbons (Fsp3) is 0.750. The van der Waals surface area contributed by atoms with Crippen LogP contribution >= 0.6 is 0 Å². The van der Waals surface area contributed by atoms with Gasteiger partial charge in [0.15, 0.2) is 0 Å². The van der Waals surface area contributed by atoms with E-state index in [9.17, 15) is 19.2 Å². The third-order valence-electron chi connectivity index (χ3n) is 3.28. The highest BCUT2D eigenvalue weighted by atomic mass is 16.4. The Morgan fingerprint density at radius 3 is 1.96 bits per heavy atom. The van der Waals surface area contributed by atoms with Crippen LogP contribution in [-0.2, 0) is 19.2 Å². The SMILES string of the molecule is [2H]NCC(=O)N[C@@H](CC(C)C)C(=O)NCC(=O)N[C@@H](CC(C)C)C(=O)O. The lowest BCUT2D eigenvalue weighted by Gasteiger charge is -2.20. The van der Waals surface area contributed by atoms with Crippen LogP contribution in [0, 0.1) is 11.8 Å². The molecule has 0 spiro atoms. The highest BCUT2D eigenvalue weighted by molar-refractivity contribution is 5.91. The molecule has 144 valence electrons. The van der Waals surface area contributed by atoms with E-state index in [1.54, 1.807) is 0 Å². The lowest BCUT2D eigenvalue weighted by Crippen LogP contribution is -2.52. The number of carbonyl (C=O) groups is 4. The summed E-state index contributed by atoms with van der Waals surface area (Å²) in [6.07, 6.45) is 0.642. The van der Waals surface area contributed by atoms with Crippen LogP contribution < -0.4 is 21.7 Å². The molecule has 0 rings (SSSR count). The highest BCUT2D eigenvalue weighted by Gasteiger charge is 2.24. The molecule has 2 atom stereocenters. The van der Waals surface area contributed by atoms with Gasteiger partial charge >= 0.3 is 5.97 Å². The zero-order valence-corrected chi connectivity index (χ0v) is 15.2. The van der Waals surface area contributed by atoms with Gasteiger partial charge in [0.25, 0.3) is 0 Å². The van der Waals surface area contributed by atoms with Gasteiger partial charge < -0.3 is 26.8 Å². The molecule has 9 heteroatoms. The zero-order valence-electron chi connectivity index (χ0n) is 16.2. The van der Waals surface area contributed by atoms with Crippen LogP contribution in [0.4, 0.5) is 0 Å². The lowest BCUT2D eigenvalue weighted by molar-refractivity contribution is -0.142. The molecule has 9 nitrogen and oxygen atoms in total. The van der Waals surface area contributed by atoms with E-state index in [1.165, 1.54) is 0 Å². The largest absolute Gasteiger partial charge is 0.480 e. The van der Waals surface area contributed by atoms with Gasteiger partial charge in [0.1, 0.15) is 13.5 Å². The van der Waals surface area contributed by atoms with E-state index < -0.39 is 35.8 Å². The summed E-state index contributed by atoms with van der Waals surface area (Å²) in [5.41, 5.74) is 1.95. The fourth-order valence-corrected chi connectivity index (χ4v) is 2.18. The van der Waals surface area contributed by atoms with Gasteiger partial charge in [-0.15, -0.1) is 0 Å². The van der Waals surface area contributed by atoms with Crippen LogP contribution in [0.1, 0.15) is 40.5 Å². The van der Waals surface area contributed by atoms with Crippen molar-refractivity contribution >= 4 is 23.7 Å². The second kappa shape index (κ2) is 11.4. The smallest absolute Gasteiger partial charge is 0.326 e. The van der Waals surface area contributed by atoms with Crippen molar-refractivity contribution in [3.63, 3.8) is 0 Å². The van der Waals surface area contributed by atoms with Crippen LogP contribution in [0.5, 0.6) is 0 Å². The first-order chi connectivity index (χ1) is 12.1. The van der Waals surface area contributed by atoms with Crippen molar-refractivity contribution in [2.24, 2.45) is 17.6 Å². The van der Waals surface area contributed by atoms with E-state index >= 15 is 0 Å². The van der Waals surface area contributed by atoms with Gasteiger partial charge in [-0.2, -0.15) is 0 Å². The predicted octanol–water partition coefficient (Wildman–Crippen LogP) is -0.792. The molecule has 0 aromatic heterocycles. The van der Waals surface area contributed by atoms with Crippen LogP contribution in [0.2, 0.25) is 1.41 Å². The lowest BCUT2D eigenvalue weighted by atomic mass is 10.0. The Morgan fingerprint density at radius 1 is 0.960 bits per heavy atom. The second-order valence-electron chi connectivity index (χ2n) is 6.73. The Kier molecular flexibility index (Phi) is 9.53. The van der Waals surface area contributed by atoms with Gasteiger partial charge in [-0.1, -0.05) is 27.7 Å². The minimum absolute atomic E-state index is 0.0854. The van der Waals surface area contributed by atoms with Crippen LogP contribution in [-0.4, -0.2) is 54.0 Å². The van der Waals surface area contributed by atoms with Crippen molar-refractivity contribution in [1.82, 2.24) is 16.0 Å². The molecule has 0 aromatic carbocycles. The normalized spacial score (nSPS) is 13.8. The summed E-state index contributed by atoms with van der Waals surface area (Å²) in [5.74, 6) is -2.59. The Hall–Kier alpha value is -2.16. The first kappa shape index (κ1) is 20.9. The molecular formula is C16H30N4O5. The Labute approximate surface area is 149 Å². The molecule has 0 saturated heterocycles. The molecule has 3 amide bonds. The number of hydrogen-bond acceptors (Lipinski definition) is 5. The summed E-state index contributed by atoms with van der Waals surface area (Å²) in [7, 11) is 0. The first-order valence-corrected chi connectivity index (χ1v) is 8.30. The third-order valence-corrected chi connectivity index (χ3v) is 3.28. The van der Waals surface area contributed by atoms with Gasteiger partial charge in [0, 0.05) is 0 Å². The van der Waals surface area contributed by atoms with Gasteiger partial charge in [-0.3, -0.25) is 14.4 Å². The van der Waals surface area contributed by atoms with Gasteiger partial charge in [0.2, 0.25) is 17.7 Å². The van der Waals surface area contributed by atoms with E-state index in [-0.39, 0.29) is 31.3 Å². The molecule has 25 heavy (non-hydrogen) atoms. The van der Waals surface area contributed by atoms with E-state index in [0.29, 0.717) is 6.42 Å². The average Bonchev–Trinajstić information content (AvgIpc) is 2.50. The number of carboxylic acid groups (broad SMARTS) is 1. The molecule has 0 bridgehead atoms. The number of carboxylic acids is 1. The van der Waals surface area contributed by atoms with E-state index in [1.807, 2.05) is 33.4 Å². The monoisotopic (exact) mass is 359 g/mol. The number of nitrogens with one attached hydrogen (secondary N) is 3. The summed E-state index contributed by atoms with van der Waals surface area (Å²) < 4.78 is 6.80. The minimum atomic E-state index is -1.13. The molecule has 0 fully saturated rings. The number of carbonyl (C=O) groups excluding carboxylic acids is 3. The number of rotatable bonds is 12. The Morgan fingerprint density at radius 2 is 1.48 bits per heavy atom. The maximum Gasteiger partial charge on any atom is 0.326 e. The standard InChI is InChI=1S/C16H30N4O5/c1-9(2)5-11(19-13(21)7-17)15(23)18-8-14(22)20-12(16(24)25)6-10(3)4/h9-12H,5-8,17H2,1-4H3,(H,18,23)(H,19,21)(H,20,22)(H,24,25)/t11-,12-/m0/s1/i/hD. The molecule has 0 aliphatic rings. The minimum Gasteiger partial charge on any atom is -0.480 e. The molecular weight excluding hydrogens is 328 g/mol. The van der Waals surface area contributed by atoms with Crippen LogP contribution in [0.3, 0.4) is 0 Å². The van der Waals surface area contributed by atoms with Crippen LogP contribution in [0.15, 0.2) is 0 Å². The van der Waals surface area contributed by atoms with Gasteiger partial charge in [-0.25, -0.2) is 4.79 Å². The van der Waals surface area contributed by atoms with Crippen molar-refractivity contribution in [2.75, 3.05) is 13.1 Å². The van der Waals surface area contributed by atoms with Crippen LogP contribution in [0.25, 0.3) is 0 Å². The number of amides is 3. The zero-order chi connectivity index (χ0) is 20.3. The van der Waals surface area contributed by atoms with E-state index in [0.717, 1.165) is 0 Å². The Balaban J connectivity index is 4.65. The summed E-state index contributed by atoms with van der Waals surface area (Å²) in [6.45, 7) is 6.81. The van der Waals surface area contributed by atoms with Gasteiger partial charge in [0.05, 0.1) is 13.1 Å². The van der Waals surface area contributed by atoms with Crippen molar-refractivity contribution in [3.8, 4) is 0 Å². The average molecular weight is 359 g/mol. The fourth-order valence-electron chi connectivity index (χ4n) is 2.18. The summed E-state index contributed by atoms with van der Waals surface area (Å²) in [6, 6.07) is -1.86. The quantitative estimate of drug-likeness (QED) is 0.308. The molecule has 0 unspecified atom stereocenters. The molecule has 6 N–H and O–H groups in total. The molecule has 0 aromatic rings. The molecule has 0 saturated carbocycles. The maximum atomic E-state index is 12.2. The topological polar surface area (TPSA) is 151 Å². The predicted molar refractivity (Wildman–Crippen MR) is 92.5 cm³/mol. The van der Waals surface area contributed by atoms with Gasteiger partial charge in [-0.05, 0) is 24.7 Å². The van der Waals surface area contributed by atoms with E-state index in [2.05, 4.69) is 16.0 Å². The van der Waals surface area contributed by atoms with Crippen molar-refractivity contribution < 1.29 is 25.7 Å². The highest BCUT2D eigenvalue weighted by Crippen LogP contribution is 2.06. The molecule has 0 aliphatic heterocycles. The summed E-state index contributed by atoms with van der Waals surface area (Å²) >= 11 is 0.